The maximum atomic E-state index is 11.3. The summed E-state index contributed by atoms with van der Waals surface area (Å²) < 4.78 is 0. The van der Waals surface area contributed by atoms with Crippen LogP contribution in [-0.4, -0.2) is 13.0 Å². The van der Waals surface area contributed by atoms with Crippen molar-refractivity contribution in [1.29, 1.82) is 5.26 Å². The van der Waals surface area contributed by atoms with Gasteiger partial charge in [-0.3, -0.25) is 4.79 Å². The van der Waals surface area contributed by atoms with Crippen molar-refractivity contribution in [3.05, 3.63) is 53.1 Å². The van der Waals surface area contributed by atoms with Crippen LogP contribution in [0.25, 0.3) is 6.08 Å². The second kappa shape index (κ2) is 6.29. The Morgan fingerprint density at radius 3 is 2.53 bits per heavy atom. The lowest BCUT2D eigenvalue weighted by molar-refractivity contribution is -0.116. The van der Waals surface area contributed by atoms with Crippen LogP contribution in [0.5, 0.6) is 0 Å². The third-order valence-electron chi connectivity index (χ3n) is 2.16. The molecule has 17 heavy (non-hydrogen) atoms. The van der Waals surface area contributed by atoms with Crippen LogP contribution in [0.3, 0.4) is 0 Å². The van der Waals surface area contributed by atoms with E-state index in [1.54, 1.807) is 6.08 Å². The summed E-state index contributed by atoms with van der Waals surface area (Å²) in [5, 5.41) is 11.3. The minimum Gasteiger partial charge on any atom is -0.354 e. The minimum absolute atomic E-state index is 0.109. The maximum absolute atomic E-state index is 11.3. The van der Waals surface area contributed by atoms with E-state index < -0.39 is 0 Å². The highest BCUT2D eigenvalue weighted by atomic mass is 16.1. The quantitative estimate of drug-likeness (QED) is 0.488. The zero-order chi connectivity index (χ0) is 12.7. The van der Waals surface area contributed by atoms with Crippen molar-refractivity contribution in [3.63, 3.8) is 0 Å². The van der Waals surface area contributed by atoms with Gasteiger partial charge in [0.05, 0.1) is 0 Å². The summed E-state index contributed by atoms with van der Waals surface area (Å²) in [7, 11) is 1.50. The first kappa shape index (κ1) is 12.7. The Labute approximate surface area is 101 Å². The molecular weight excluding hydrogens is 212 g/mol. The molecule has 0 fully saturated rings. The molecule has 0 unspecified atom stereocenters. The van der Waals surface area contributed by atoms with E-state index in [0.29, 0.717) is 0 Å². The number of hydrogen-bond donors (Lipinski definition) is 1. The second-order valence-corrected chi connectivity index (χ2v) is 3.55. The summed E-state index contributed by atoms with van der Waals surface area (Å²) in [6.07, 6.45) is 3.49. The average molecular weight is 226 g/mol. The molecule has 1 amide bonds. The summed E-state index contributed by atoms with van der Waals surface area (Å²) in [5.74, 6) is -0.367. The molecule has 3 nitrogen and oxygen atoms in total. The van der Waals surface area contributed by atoms with Gasteiger partial charge in [0.15, 0.2) is 0 Å². The van der Waals surface area contributed by atoms with Crippen molar-refractivity contribution in [2.45, 2.75) is 6.92 Å². The number of likely N-dealkylation sites (N-methyl/N-ethyl adjacent to an activating group) is 1. The van der Waals surface area contributed by atoms with Crippen molar-refractivity contribution in [1.82, 2.24) is 5.32 Å². The average Bonchev–Trinajstić information content (AvgIpc) is 2.36. The van der Waals surface area contributed by atoms with Crippen LogP contribution in [0.15, 0.2) is 47.6 Å². The number of carbonyl (C=O) groups is 1. The number of nitriles is 1. The van der Waals surface area contributed by atoms with Crippen molar-refractivity contribution in [3.8, 4) is 6.07 Å². The largest absolute Gasteiger partial charge is 0.354 e. The van der Waals surface area contributed by atoms with Crippen LogP contribution in [0.4, 0.5) is 0 Å². The monoisotopic (exact) mass is 226 g/mol. The smallest absolute Gasteiger partial charge is 0.261 e. The Bertz CT molecular complexity index is 493. The number of rotatable bonds is 3. The fraction of sp³-hybridized carbons (Fsp3) is 0.143. The Morgan fingerprint density at radius 1 is 1.35 bits per heavy atom. The summed E-state index contributed by atoms with van der Waals surface area (Å²) in [6.45, 7) is 1.85. The van der Waals surface area contributed by atoms with Gasteiger partial charge >= 0.3 is 0 Å². The minimum atomic E-state index is -0.367. The zero-order valence-corrected chi connectivity index (χ0v) is 9.90. The molecule has 0 aliphatic heterocycles. The summed E-state index contributed by atoms with van der Waals surface area (Å²) in [5.41, 5.74) is 2.00. The van der Waals surface area contributed by atoms with E-state index in [2.05, 4.69) is 5.32 Å². The molecule has 0 bridgehead atoms. The van der Waals surface area contributed by atoms with Gasteiger partial charge in [0.2, 0.25) is 0 Å². The van der Waals surface area contributed by atoms with Crippen molar-refractivity contribution < 1.29 is 4.79 Å². The third kappa shape index (κ3) is 3.96. The van der Waals surface area contributed by atoms with Gasteiger partial charge in [0, 0.05) is 7.05 Å². The molecule has 0 saturated heterocycles. The molecule has 0 atom stereocenters. The van der Waals surface area contributed by atoms with Crippen molar-refractivity contribution in [2.24, 2.45) is 0 Å². The summed E-state index contributed by atoms with van der Waals surface area (Å²) >= 11 is 0. The predicted octanol–water partition coefficient (Wildman–Crippen LogP) is 2.29. The topological polar surface area (TPSA) is 52.9 Å². The lowest BCUT2D eigenvalue weighted by atomic mass is 10.1. The van der Waals surface area contributed by atoms with Crippen molar-refractivity contribution in [2.75, 3.05) is 7.05 Å². The number of carbonyl (C=O) groups excluding carboxylic acids is 1. The first-order valence-corrected chi connectivity index (χ1v) is 5.24. The second-order valence-electron chi connectivity index (χ2n) is 3.55. The number of hydrogen-bond acceptors (Lipinski definition) is 2. The number of allylic oxidation sites excluding steroid dienone is 2. The molecule has 1 aromatic rings. The Balaban J connectivity index is 2.95. The van der Waals surface area contributed by atoms with Gasteiger partial charge in [-0.25, -0.2) is 0 Å². The molecule has 0 aromatic heterocycles. The molecule has 0 heterocycles. The highest BCUT2D eigenvalue weighted by molar-refractivity contribution is 5.97. The van der Waals surface area contributed by atoms with E-state index in [4.69, 9.17) is 5.26 Å². The lowest BCUT2D eigenvalue weighted by Crippen LogP contribution is -2.19. The van der Waals surface area contributed by atoms with E-state index in [9.17, 15) is 4.79 Å². The van der Waals surface area contributed by atoms with Crippen LogP contribution >= 0.6 is 0 Å². The third-order valence-corrected chi connectivity index (χ3v) is 2.16. The van der Waals surface area contributed by atoms with Crippen LogP contribution in [0, 0.1) is 11.3 Å². The summed E-state index contributed by atoms with van der Waals surface area (Å²) in [4.78, 5) is 11.3. The fourth-order valence-corrected chi connectivity index (χ4v) is 1.36. The SMILES string of the molecule is CNC(=O)/C(C#N)=C/C(C)=C/c1ccccc1. The predicted molar refractivity (Wildman–Crippen MR) is 67.9 cm³/mol. The molecule has 0 saturated carbocycles. The number of benzene rings is 1. The van der Waals surface area contributed by atoms with Gasteiger partial charge < -0.3 is 5.32 Å². The zero-order valence-electron chi connectivity index (χ0n) is 9.90. The van der Waals surface area contributed by atoms with Gasteiger partial charge in [-0.05, 0) is 24.1 Å². The Hall–Kier alpha value is -2.34. The van der Waals surface area contributed by atoms with Gasteiger partial charge in [-0.15, -0.1) is 0 Å². The molecular formula is C14H14N2O. The van der Waals surface area contributed by atoms with E-state index in [0.717, 1.165) is 11.1 Å². The first-order valence-electron chi connectivity index (χ1n) is 5.24. The molecule has 0 aliphatic rings. The number of nitrogens with one attached hydrogen (secondary N) is 1. The van der Waals surface area contributed by atoms with E-state index in [-0.39, 0.29) is 11.5 Å². The van der Waals surface area contributed by atoms with Gasteiger partial charge in [0.1, 0.15) is 11.6 Å². The molecule has 3 heteroatoms. The highest BCUT2D eigenvalue weighted by Crippen LogP contribution is 2.09. The molecule has 0 aliphatic carbocycles. The number of amides is 1. The molecule has 0 radical (unpaired) electrons. The van der Waals surface area contributed by atoms with Crippen LogP contribution in [0.1, 0.15) is 12.5 Å². The highest BCUT2D eigenvalue weighted by Gasteiger charge is 2.05. The van der Waals surface area contributed by atoms with Crippen LogP contribution < -0.4 is 5.32 Å². The van der Waals surface area contributed by atoms with Crippen LogP contribution in [-0.2, 0) is 4.79 Å². The van der Waals surface area contributed by atoms with Gasteiger partial charge in [0.25, 0.3) is 5.91 Å². The Kier molecular flexibility index (Phi) is 4.71. The fourth-order valence-electron chi connectivity index (χ4n) is 1.36. The van der Waals surface area contributed by atoms with Crippen molar-refractivity contribution >= 4 is 12.0 Å². The molecule has 0 spiro atoms. The maximum Gasteiger partial charge on any atom is 0.261 e. The van der Waals surface area contributed by atoms with E-state index in [1.165, 1.54) is 7.05 Å². The first-order chi connectivity index (χ1) is 8.17. The Morgan fingerprint density at radius 2 is 2.00 bits per heavy atom. The molecule has 86 valence electrons. The van der Waals surface area contributed by atoms with E-state index in [1.807, 2.05) is 49.4 Å². The van der Waals surface area contributed by atoms with Gasteiger partial charge in [-0.2, -0.15) is 5.26 Å². The molecule has 1 aromatic carbocycles. The van der Waals surface area contributed by atoms with E-state index >= 15 is 0 Å². The van der Waals surface area contributed by atoms with Crippen LogP contribution in [0.2, 0.25) is 0 Å². The molecule has 1 N–H and O–H groups in total. The van der Waals surface area contributed by atoms with Gasteiger partial charge in [-0.1, -0.05) is 36.4 Å². The lowest BCUT2D eigenvalue weighted by Gasteiger charge is -1.98. The standard InChI is InChI=1S/C14H14N2O/c1-11(8-12-6-4-3-5-7-12)9-13(10-15)14(17)16-2/h3-9H,1-2H3,(H,16,17)/b11-8+,13-9+. The number of nitrogens with zero attached hydrogens (tertiary/aromatic N) is 1. The summed E-state index contributed by atoms with van der Waals surface area (Å²) in [6, 6.07) is 11.6. The molecule has 1 rings (SSSR count). The normalized spacial score (nSPS) is 11.8.